The summed E-state index contributed by atoms with van der Waals surface area (Å²) in [6.45, 7) is 1.20. The molecule has 0 fully saturated rings. The van der Waals surface area contributed by atoms with Gasteiger partial charge in [0, 0.05) is 26.8 Å². The predicted molar refractivity (Wildman–Crippen MR) is 116 cm³/mol. The van der Waals surface area contributed by atoms with Crippen molar-refractivity contribution in [2.75, 3.05) is 27.0 Å². The van der Waals surface area contributed by atoms with Crippen molar-refractivity contribution >= 4 is 46.8 Å². The summed E-state index contributed by atoms with van der Waals surface area (Å²) in [7, 11) is 4.44. The van der Waals surface area contributed by atoms with Gasteiger partial charge in [-0.1, -0.05) is 12.1 Å². The molecule has 0 saturated carbocycles. The number of carbonyl (C=O) groups is 4. The predicted octanol–water partition coefficient (Wildman–Crippen LogP) is -0.0725. The number of nitrogens with two attached hydrogens (primary N) is 2. The molecule has 0 spiro atoms. The van der Waals surface area contributed by atoms with Gasteiger partial charge in [-0.15, -0.1) is 0 Å². The van der Waals surface area contributed by atoms with Gasteiger partial charge in [0.15, 0.2) is 5.96 Å². The van der Waals surface area contributed by atoms with E-state index in [1.807, 2.05) is 0 Å². The number of guanidine groups is 2. The standard InChI is InChI=1S/C18H24N6O6S/c1-10(25)21-12(14(26)22-16(19)23-17(20)24(2)3)9-31-18(28)30-13-8-6-5-7-11(13)15(27)29-4/h5-8,12H,9H2,1-4H3,(H,21,25)(H4,19,20,22,23,26)/t12-/m1/s1. The van der Waals surface area contributed by atoms with Crippen molar-refractivity contribution in [1.82, 2.24) is 10.2 Å². The van der Waals surface area contributed by atoms with Crippen LogP contribution >= 0.6 is 11.8 Å². The summed E-state index contributed by atoms with van der Waals surface area (Å²) in [6.07, 6.45) is 0. The molecule has 2 amide bonds. The number of ether oxygens (including phenoxy) is 2. The lowest BCUT2D eigenvalue weighted by atomic mass is 10.2. The maximum atomic E-state index is 12.4. The summed E-state index contributed by atoms with van der Waals surface area (Å²) >= 11 is 0.596. The summed E-state index contributed by atoms with van der Waals surface area (Å²) in [6, 6.07) is 4.82. The molecule has 1 atom stereocenters. The lowest BCUT2D eigenvalue weighted by molar-refractivity contribution is -0.125. The molecule has 168 valence electrons. The number of esters is 1. The number of aliphatic imine (C=N–C) groups is 2. The number of nitrogens with one attached hydrogen (secondary N) is 1. The third-order valence-corrected chi connectivity index (χ3v) is 4.26. The molecule has 1 rings (SSSR count). The van der Waals surface area contributed by atoms with Crippen molar-refractivity contribution in [3.63, 3.8) is 0 Å². The Hall–Kier alpha value is -3.61. The van der Waals surface area contributed by atoms with Gasteiger partial charge in [0.05, 0.1) is 7.11 Å². The zero-order valence-electron chi connectivity index (χ0n) is 17.4. The Kier molecular flexibility index (Phi) is 9.98. The van der Waals surface area contributed by atoms with Gasteiger partial charge < -0.3 is 31.2 Å². The SMILES string of the molecule is COC(=O)c1ccccc1OC(=O)SC[C@@H](NC(C)=O)C(=O)N=C(N)/N=C(\N)N(C)C. The number of hydrogen-bond acceptors (Lipinski definition) is 7. The molecule has 1 aromatic rings. The molecular formula is C18H24N6O6S. The van der Waals surface area contributed by atoms with E-state index in [9.17, 15) is 19.2 Å². The molecule has 31 heavy (non-hydrogen) atoms. The minimum atomic E-state index is -1.18. The van der Waals surface area contributed by atoms with Gasteiger partial charge >= 0.3 is 11.3 Å². The van der Waals surface area contributed by atoms with E-state index in [2.05, 4.69) is 20.0 Å². The van der Waals surface area contributed by atoms with E-state index in [0.717, 1.165) is 0 Å². The van der Waals surface area contributed by atoms with E-state index in [-0.39, 0.29) is 23.0 Å². The van der Waals surface area contributed by atoms with Gasteiger partial charge in [0.25, 0.3) is 5.91 Å². The van der Waals surface area contributed by atoms with E-state index in [1.165, 1.54) is 31.1 Å². The van der Waals surface area contributed by atoms with Crippen LogP contribution in [0.15, 0.2) is 34.3 Å². The number of carbonyl (C=O) groups excluding carboxylic acids is 4. The quantitative estimate of drug-likeness (QED) is 0.300. The number of amides is 2. The van der Waals surface area contributed by atoms with Crippen LogP contribution in [0, 0.1) is 0 Å². The minimum Gasteiger partial charge on any atom is -0.465 e. The highest BCUT2D eigenvalue weighted by Crippen LogP contribution is 2.21. The van der Waals surface area contributed by atoms with Crippen molar-refractivity contribution in [2.45, 2.75) is 13.0 Å². The Morgan fingerprint density at radius 3 is 2.39 bits per heavy atom. The fraction of sp³-hybridized carbons (Fsp3) is 0.333. The third-order valence-electron chi connectivity index (χ3n) is 3.44. The van der Waals surface area contributed by atoms with E-state index in [1.54, 1.807) is 26.2 Å². The summed E-state index contributed by atoms with van der Waals surface area (Å²) < 4.78 is 9.79. The Morgan fingerprint density at radius 2 is 1.81 bits per heavy atom. The number of para-hydroxylation sites is 1. The molecule has 5 N–H and O–H groups in total. The fourth-order valence-corrected chi connectivity index (χ4v) is 2.64. The van der Waals surface area contributed by atoms with Crippen LogP contribution in [-0.2, 0) is 14.3 Å². The molecule has 1 aromatic carbocycles. The van der Waals surface area contributed by atoms with Crippen LogP contribution in [0.25, 0.3) is 0 Å². The fourth-order valence-electron chi connectivity index (χ4n) is 1.96. The molecular weight excluding hydrogens is 428 g/mol. The maximum Gasteiger partial charge on any atom is 0.372 e. The first kappa shape index (κ1) is 25.4. The van der Waals surface area contributed by atoms with Crippen LogP contribution in [-0.4, -0.2) is 72.9 Å². The Bertz CT molecular complexity index is 901. The topological polar surface area (TPSA) is 179 Å². The van der Waals surface area contributed by atoms with Crippen LogP contribution in [0.3, 0.4) is 0 Å². The molecule has 0 saturated heterocycles. The Balaban J connectivity index is 2.87. The van der Waals surface area contributed by atoms with Crippen molar-refractivity contribution in [3.05, 3.63) is 29.8 Å². The lowest BCUT2D eigenvalue weighted by Gasteiger charge is -2.14. The molecule has 0 heterocycles. The van der Waals surface area contributed by atoms with Crippen molar-refractivity contribution in [2.24, 2.45) is 21.5 Å². The Morgan fingerprint density at radius 1 is 1.16 bits per heavy atom. The molecule has 0 aliphatic heterocycles. The average Bonchev–Trinajstić information content (AvgIpc) is 2.70. The number of methoxy groups -OCH3 is 1. The van der Waals surface area contributed by atoms with Crippen molar-refractivity contribution < 1.29 is 28.7 Å². The molecule has 13 heteroatoms. The first-order valence-electron chi connectivity index (χ1n) is 8.73. The minimum absolute atomic E-state index is 0.00924. The van der Waals surface area contributed by atoms with E-state index in [0.29, 0.717) is 11.8 Å². The second kappa shape index (κ2) is 12.2. The van der Waals surface area contributed by atoms with E-state index >= 15 is 0 Å². The number of benzene rings is 1. The van der Waals surface area contributed by atoms with Crippen LogP contribution in [0.4, 0.5) is 4.79 Å². The van der Waals surface area contributed by atoms with Gasteiger partial charge in [0.2, 0.25) is 11.9 Å². The Labute approximate surface area is 183 Å². The molecule has 0 aromatic heterocycles. The summed E-state index contributed by atoms with van der Waals surface area (Å²) in [5, 5.41) is 1.56. The van der Waals surface area contributed by atoms with Crippen LogP contribution < -0.4 is 21.5 Å². The van der Waals surface area contributed by atoms with Crippen LogP contribution in [0.5, 0.6) is 5.75 Å². The molecule has 0 bridgehead atoms. The molecule has 0 radical (unpaired) electrons. The van der Waals surface area contributed by atoms with Crippen LogP contribution in [0.1, 0.15) is 17.3 Å². The monoisotopic (exact) mass is 452 g/mol. The van der Waals surface area contributed by atoms with E-state index in [4.69, 9.17) is 16.2 Å². The first-order chi connectivity index (χ1) is 14.5. The first-order valence-corrected chi connectivity index (χ1v) is 9.72. The number of nitrogens with zero attached hydrogens (tertiary/aromatic N) is 3. The van der Waals surface area contributed by atoms with Gasteiger partial charge in [0.1, 0.15) is 17.4 Å². The largest absolute Gasteiger partial charge is 0.465 e. The molecule has 12 nitrogen and oxygen atoms in total. The second-order valence-electron chi connectivity index (χ2n) is 6.08. The highest BCUT2D eigenvalue weighted by atomic mass is 32.2. The zero-order chi connectivity index (χ0) is 23.6. The number of hydrogen-bond donors (Lipinski definition) is 3. The number of thioether (sulfide) groups is 1. The van der Waals surface area contributed by atoms with Gasteiger partial charge in [-0.3, -0.25) is 9.59 Å². The number of rotatable bonds is 6. The summed E-state index contributed by atoms with van der Waals surface area (Å²) in [5.74, 6) is -2.64. The maximum absolute atomic E-state index is 12.4. The second-order valence-corrected chi connectivity index (χ2v) is 7.03. The average molecular weight is 452 g/mol. The third kappa shape index (κ3) is 8.74. The van der Waals surface area contributed by atoms with Crippen molar-refractivity contribution in [3.8, 4) is 5.75 Å². The molecule has 0 aliphatic carbocycles. The van der Waals surface area contributed by atoms with Crippen molar-refractivity contribution in [1.29, 1.82) is 0 Å². The van der Waals surface area contributed by atoms with Gasteiger partial charge in [-0.05, 0) is 23.9 Å². The lowest BCUT2D eigenvalue weighted by Crippen LogP contribution is -2.42. The highest BCUT2D eigenvalue weighted by molar-refractivity contribution is 8.13. The highest BCUT2D eigenvalue weighted by Gasteiger charge is 2.23. The van der Waals surface area contributed by atoms with Gasteiger partial charge in [-0.25, -0.2) is 9.59 Å². The summed E-state index contributed by atoms with van der Waals surface area (Å²) in [5.41, 5.74) is 11.2. The normalized spacial score (nSPS) is 12.5. The van der Waals surface area contributed by atoms with Crippen LogP contribution in [0.2, 0.25) is 0 Å². The van der Waals surface area contributed by atoms with E-state index < -0.39 is 35.1 Å². The van der Waals surface area contributed by atoms with Gasteiger partial charge in [-0.2, -0.15) is 9.98 Å². The molecule has 0 unspecified atom stereocenters. The smallest absolute Gasteiger partial charge is 0.372 e. The zero-order valence-corrected chi connectivity index (χ0v) is 18.3. The molecule has 0 aliphatic rings. The summed E-state index contributed by atoms with van der Waals surface area (Å²) in [4.78, 5) is 56.5.